The standard InChI is InChI=1S/C10H15.2C5H5.C2H7Si.2FH.Zr/c1-6-7(2)9(4)10(5)8(6)3;2*1-2-4-5-3-1;1-3-2;;;/h1-5H3;2*1-5H;3H,1-2H3;2*1H;/q3*-1;;;;+3. The molecule has 144 valence electrons. The second kappa shape index (κ2) is 20.3. The summed E-state index contributed by atoms with van der Waals surface area (Å²) in [6, 6.07) is 20.0. The van der Waals surface area contributed by atoms with Crippen molar-refractivity contribution in [3.63, 3.8) is 0 Å². The summed E-state index contributed by atoms with van der Waals surface area (Å²) in [4.78, 5) is 0. The van der Waals surface area contributed by atoms with Crippen molar-refractivity contribution in [3.8, 4) is 0 Å². The summed E-state index contributed by atoms with van der Waals surface area (Å²) in [5.74, 6) is 0. The minimum atomic E-state index is 0. The molecule has 0 bridgehead atoms. The van der Waals surface area contributed by atoms with Crippen LogP contribution >= 0.6 is 0 Å². The van der Waals surface area contributed by atoms with E-state index in [9.17, 15) is 0 Å². The molecule has 0 spiro atoms. The first kappa shape index (κ1) is 32.7. The van der Waals surface area contributed by atoms with Gasteiger partial charge >= 0.3 is 26.2 Å². The largest absolute Gasteiger partial charge is 3.00 e. The Morgan fingerprint density at radius 1 is 0.692 bits per heavy atom. The normalized spacial score (nSPS) is 7.81. The molecule has 0 heterocycles. The first-order chi connectivity index (χ1) is 11.0. The Kier molecular flexibility index (Phi) is 25.5. The van der Waals surface area contributed by atoms with Crippen LogP contribution in [-0.2, 0) is 26.2 Å². The average Bonchev–Trinajstić information content (AvgIpc) is 3.31. The second-order valence-electron chi connectivity index (χ2n) is 5.63. The number of rotatable bonds is 0. The van der Waals surface area contributed by atoms with Gasteiger partial charge in [0, 0.05) is 9.52 Å². The molecular formula is C22H34F2SiZr. The van der Waals surface area contributed by atoms with Gasteiger partial charge in [0.25, 0.3) is 0 Å². The van der Waals surface area contributed by atoms with E-state index in [2.05, 4.69) is 47.7 Å². The fourth-order valence-electron chi connectivity index (χ4n) is 2.05. The molecule has 0 saturated heterocycles. The summed E-state index contributed by atoms with van der Waals surface area (Å²) in [7, 11) is 0.750. The number of halogens is 2. The molecule has 0 aliphatic rings. The maximum absolute atomic E-state index is 2.21. The van der Waals surface area contributed by atoms with Gasteiger partial charge in [-0.2, -0.15) is 64.2 Å². The molecule has 0 unspecified atom stereocenters. The van der Waals surface area contributed by atoms with Crippen LogP contribution in [0.5, 0.6) is 0 Å². The summed E-state index contributed by atoms with van der Waals surface area (Å²) in [6.45, 7) is 15.4. The molecule has 0 aliphatic carbocycles. The quantitative estimate of drug-likeness (QED) is 0.265. The second-order valence-corrected chi connectivity index (χ2v) is 6.78. The monoisotopic (exact) mass is 454 g/mol. The van der Waals surface area contributed by atoms with Crippen molar-refractivity contribution in [2.75, 3.05) is 0 Å². The SMILES string of the molecule is C[SiH]C.Cc1c(C)c(C)[c-](C)c1C.F.F.[Zr+3].c1cc[cH-]c1.c1cc[cH-]c1. The third kappa shape index (κ3) is 13.2. The van der Waals surface area contributed by atoms with Gasteiger partial charge < -0.3 is 0 Å². The molecule has 0 atom stereocenters. The summed E-state index contributed by atoms with van der Waals surface area (Å²) in [5.41, 5.74) is 7.34. The predicted molar refractivity (Wildman–Crippen MR) is 114 cm³/mol. The van der Waals surface area contributed by atoms with Gasteiger partial charge in [0.1, 0.15) is 0 Å². The molecule has 4 heteroatoms. The summed E-state index contributed by atoms with van der Waals surface area (Å²) in [5, 5.41) is 0. The van der Waals surface area contributed by atoms with E-state index in [1.165, 1.54) is 27.8 Å². The molecule has 2 radical (unpaired) electrons. The van der Waals surface area contributed by atoms with Crippen LogP contribution in [0.3, 0.4) is 0 Å². The molecular weight excluding hydrogens is 422 g/mol. The van der Waals surface area contributed by atoms with E-state index >= 15 is 0 Å². The first-order valence-corrected chi connectivity index (χ1v) is 10.5. The Hall–Kier alpha value is -0.990. The zero-order chi connectivity index (χ0) is 17.7. The van der Waals surface area contributed by atoms with Crippen molar-refractivity contribution in [2.45, 2.75) is 47.7 Å². The molecule has 0 nitrogen and oxygen atoms in total. The van der Waals surface area contributed by atoms with Crippen molar-refractivity contribution in [3.05, 3.63) is 88.5 Å². The van der Waals surface area contributed by atoms with Gasteiger partial charge in [0.2, 0.25) is 0 Å². The van der Waals surface area contributed by atoms with E-state index in [0.717, 1.165) is 9.52 Å². The molecule has 0 saturated carbocycles. The molecule has 3 aromatic rings. The summed E-state index contributed by atoms with van der Waals surface area (Å²) >= 11 is 0. The van der Waals surface area contributed by atoms with Crippen LogP contribution < -0.4 is 0 Å². The first-order valence-electron chi connectivity index (χ1n) is 8.24. The van der Waals surface area contributed by atoms with E-state index in [1.54, 1.807) is 0 Å². The third-order valence-electron chi connectivity index (χ3n) is 3.92. The molecule has 26 heavy (non-hydrogen) atoms. The predicted octanol–water partition coefficient (Wildman–Crippen LogP) is 6.58. The van der Waals surface area contributed by atoms with Crippen molar-refractivity contribution >= 4 is 9.52 Å². The van der Waals surface area contributed by atoms with E-state index < -0.39 is 0 Å². The number of hydrogen-bond acceptors (Lipinski definition) is 0. The maximum atomic E-state index is 2.21. The van der Waals surface area contributed by atoms with Crippen LogP contribution in [0.25, 0.3) is 0 Å². The van der Waals surface area contributed by atoms with Gasteiger partial charge in [-0.25, -0.2) is 24.3 Å². The number of hydrogen-bond donors (Lipinski definition) is 0. The molecule has 0 amide bonds. The average molecular weight is 456 g/mol. The van der Waals surface area contributed by atoms with Gasteiger partial charge in [-0.05, 0) is 0 Å². The van der Waals surface area contributed by atoms with Crippen LogP contribution in [0.4, 0.5) is 9.41 Å². The van der Waals surface area contributed by atoms with Crippen molar-refractivity contribution in [2.24, 2.45) is 0 Å². The van der Waals surface area contributed by atoms with E-state index in [4.69, 9.17) is 0 Å². The van der Waals surface area contributed by atoms with Crippen molar-refractivity contribution in [1.82, 2.24) is 0 Å². The van der Waals surface area contributed by atoms with Crippen LogP contribution in [0.2, 0.25) is 13.1 Å². The molecule has 0 aliphatic heterocycles. The van der Waals surface area contributed by atoms with Gasteiger partial charge in [0.15, 0.2) is 0 Å². The van der Waals surface area contributed by atoms with Gasteiger partial charge in [0.05, 0.1) is 0 Å². The van der Waals surface area contributed by atoms with Crippen molar-refractivity contribution in [1.29, 1.82) is 0 Å². The topological polar surface area (TPSA) is 0 Å². The Balaban J connectivity index is -0.000000131. The fraction of sp³-hybridized carbons (Fsp3) is 0.318. The summed E-state index contributed by atoms with van der Waals surface area (Å²) < 4.78 is 0. The third-order valence-corrected chi connectivity index (χ3v) is 3.92. The van der Waals surface area contributed by atoms with E-state index in [1.807, 2.05) is 60.7 Å². The van der Waals surface area contributed by atoms with Crippen LogP contribution in [0, 0.1) is 34.6 Å². The Bertz CT molecular complexity index is 456. The molecule has 3 rings (SSSR count). The van der Waals surface area contributed by atoms with E-state index in [-0.39, 0.29) is 35.6 Å². The van der Waals surface area contributed by atoms with E-state index in [0.29, 0.717) is 0 Å². The van der Waals surface area contributed by atoms with Gasteiger partial charge in [-0.1, -0.05) is 47.7 Å². The zero-order valence-electron chi connectivity index (χ0n) is 17.2. The van der Waals surface area contributed by atoms with Gasteiger partial charge in [-0.15, -0.1) is 0 Å². The van der Waals surface area contributed by atoms with Crippen LogP contribution in [0.15, 0.2) is 60.7 Å². The minimum absolute atomic E-state index is 0. The fourth-order valence-corrected chi connectivity index (χ4v) is 2.05. The minimum Gasteiger partial charge on any atom is -0.269 e. The smallest absolute Gasteiger partial charge is 0.269 e. The van der Waals surface area contributed by atoms with Crippen LogP contribution in [-0.4, -0.2) is 9.52 Å². The molecule has 0 aromatic heterocycles. The Morgan fingerprint density at radius 2 is 0.923 bits per heavy atom. The Morgan fingerprint density at radius 3 is 1.00 bits per heavy atom. The molecule has 0 N–H and O–H groups in total. The Labute approximate surface area is 180 Å². The summed E-state index contributed by atoms with van der Waals surface area (Å²) in [6.07, 6.45) is 0. The van der Waals surface area contributed by atoms with Crippen LogP contribution in [0.1, 0.15) is 27.8 Å². The molecule has 0 fully saturated rings. The zero-order valence-corrected chi connectivity index (χ0v) is 20.8. The van der Waals surface area contributed by atoms with Crippen molar-refractivity contribution < 1.29 is 35.6 Å². The van der Waals surface area contributed by atoms with Gasteiger partial charge in [-0.3, -0.25) is 9.41 Å². The maximum Gasteiger partial charge on any atom is 3.00 e. The molecule has 3 aromatic carbocycles.